The lowest BCUT2D eigenvalue weighted by molar-refractivity contribution is -0.147. The first-order valence-corrected chi connectivity index (χ1v) is 32.8. The van der Waals surface area contributed by atoms with Gasteiger partial charge in [0, 0.05) is 105 Å². The number of nitrogens with zero attached hydrogens (tertiary/aromatic N) is 2. The van der Waals surface area contributed by atoms with E-state index in [9.17, 15) is 33.6 Å². The second kappa shape index (κ2) is 48.6. The van der Waals surface area contributed by atoms with Crippen LogP contribution in [0.25, 0.3) is 0 Å². The number of imide groups is 2. The van der Waals surface area contributed by atoms with Gasteiger partial charge >= 0.3 is 0 Å². The Hall–Kier alpha value is -7.35. The number of unbranched alkanes of at least 4 members (excludes halogenated alkanes) is 13. The molecule has 0 aromatic rings. The third-order valence-corrected chi connectivity index (χ3v) is 16.3. The number of terminal acetylenes is 5. The van der Waals surface area contributed by atoms with Gasteiger partial charge in [0.05, 0.1) is 39.5 Å². The van der Waals surface area contributed by atoms with E-state index in [4.69, 9.17) is 46.3 Å². The SMILES string of the molecule is C#CCCCC[C@@H](C)C(=O)NCCCC[C@@H]1NC(=C)C=C1OC.C#CCCCC[C@@H](C)C(=O)NCCCC[C@H]1C(OC)=CC(=O)N1C(=O)[C@@H](C)CCCCC#C.C#CCCCC[C@H](C)C(=O)NCCCC[C@H]1C(OC)=CC(=O)N1C(=O)[C@@H](C)CCCCC#C. The average molecular weight is 1230 g/mol. The second-order valence-electron chi connectivity index (χ2n) is 23.7. The largest absolute Gasteiger partial charge is 0.499 e. The Morgan fingerprint density at radius 2 is 0.742 bits per heavy atom. The van der Waals surface area contributed by atoms with Crippen molar-refractivity contribution in [2.75, 3.05) is 41.0 Å². The molecule has 0 aromatic carbocycles. The summed E-state index contributed by atoms with van der Waals surface area (Å²) in [7, 11) is 4.73. The van der Waals surface area contributed by atoms with E-state index in [0.717, 1.165) is 166 Å². The maximum Gasteiger partial charge on any atom is 0.257 e. The minimum Gasteiger partial charge on any atom is -0.499 e. The average Bonchev–Trinajstić information content (AvgIpc) is 2.03. The van der Waals surface area contributed by atoms with Gasteiger partial charge in [-0.2, -0.15) is 0 Å². The van der Waals surface area contributed by atoms with Gasteiger partial charge in [-0.05, 0) is 122 Å². The van der Waals surface area contributed by atoms with Crippen LogP contribution < -0.4 is 21.3 Å². The Labute approximate surface area is 536 Å². The molecule has 0 unspecified atom stereocenters. The molecule has 0 spiro atoms. The molecule has 0 aromatic heterocycles. The van der Waals surface area contributed by atoms with Crippen LogP contribution in [-0.4, -0.2) is 110 Å². The third kappa shape index (κ3) is 32.1. The van der Waals surface area contributed by atoms with Crippen LogP contribution in [-0.2, 0) is 47.8 Å². The van der Waals surface area contributed by atoms with E-state index >= 15 is 0 Å². The number of allylic oxidation sites excluding steroid dienone is 1. The number of amides is 7. The Kier molecular flexibility index (Phi) is 43.5. The summed E-state index contributed by atoms with van der Waals surface area (Å²) < 4.78 is 16.1. The molecule has 8 atom stereocenters. The van der Waals surface area contributed by atoms with Crippen LogP contribution in [0.4, 0.5) is 0 Å². The van der Waals surface area contributed by atoms with E-state index in [1.54, 1.807) is 7.11 Å². The number of nitrogens with one attached hydrogen (secondary N) is 4. The van der Waals surface area contributed by atoms with Crippen molar-refractivity contribution in [2.24, 2.45) is 29.6 Å². The van der Waals surface area contributed by atoms with Crippen molar-refractivity contribution in [3.05, 3.63) is 47.8 Å². The molecule has 3 rings (SSSR count). The fourth-order valence-corrected chi connectivity index (χ4v) is 10.7. The van der Waals surface area contributed by atoms with Crippen LogP contribution in [0.5, 0.6) is 0 Å². The van der Waals surface area contributed by atoms with Crippen LogP contribution >= 0.6 is 0 Å². The van der Waals surface area contributed by atoms with E-state index in [0.29, 0.717) is 63.1 Å². The summed E-state index contributed by atoms with van der Waals surface area (Å²) in [5.74, 6) is 13.9. The minimum absolute atomic E-state index is 0.0338. The predicted molar refractivity (Wildman–Crippen MR) is 356 cm³/mol. The fraction of sp³-hybridized carbons (Fsp3) is 0.658. The van der Waals surface area contributed by atoms with E-state index in [-0.39, 0.29) is 89.1 Å². The Bertz CT molecular complexity index is 2390. The van der Waals surface area contributed by atoms with Crippen molar-refractivity contribution in [1.29, 1.82) is 0 Å². The number of hydrogen-bond acceptors (Lipinski definition) is 11. The molecule has 16 nitrogen and oxygen atoms in total. The normalized spacial score (nSPS) is 17.2. The first kappa shape index (κ1) is 79.7. The number of ether oxygens (including phenoxy) is 3. The lowest BCUT2D eigenvalue weighted by Crippen LogP contribution is -2.43. The van der Waals surface area contributed by atoms with Gasteiger partial charge in [-0.3, -0.25) is 43.4 Å². The molecule has 0 bridgehead atoms. The van der Waals surface area contributed by atoms with Gasteiger partial charge in [-0.15, -0.1) is 61.7 Å². The lowest BCUT2D eigenvalue weighted by Gasteiger charge is -2.27. The topological polar surface area (TPSA) is 202 Å². The van der Waals surface area contributed by atoms with E-state index < -0.39 is 0 Å². The molecule has 492 valence electrons. The highest BCUT2D eigenvalue weighted by atomic mass is 16.5. The standard InChI is InChI=1S/2C27H40N2O4.C19H30N2O2/c2*1-6-8-10-12-16-21(3)26(31)28-19-15-14-18-23-24(33-5)20-25(30)29(23)27(32)22(4)17-13-11-9-7-2;1-5-6-7-8-11-15(2)19(22)20-13-10-9-12-17-18(23-4)14-16(3)21-17/h2*1-2,20-23H,8-19H2,3-5H3,(H,28,31);1,14-15,17,21H,3,6-13H2,2,4H3,(H,20,22)/t21-,22+,23+;21-,22-,23-;15-,17+/m101/s1. The monoisotopic (exact) mass is 1230 g/mol. The van der Waals surface area contributed by atoms with Crippen molar-refractivity contribution >= 4 is 41.4 Å². The van der Waals surface area contributed by atoms with Gasteiger partial charge in [-0.25, -0.2) is 0 Å². The molecule has 3 aliphatic heterocycles. The molecule has 0 radical (unpaired) electrons. The molecule has 0 saturated heterocycles. The number of carbonyl (C=O) groups is 7. The lowest BCUT2D eigenvalue weighted by atomic mass is 10.00. The Morgan fingerprint density at radius 3 is 1.03 bits per heavy atom. The summed E-state index contributed by atoms with van der Waals surface area (Å²) in [5, 5.41) is 12.3. The predicted octanol–water partition coefficient (Wildman–Crippen LogP) is 11.5. The van der Waals surface area contributed by atoms with Crippen LogP contribution in [0.2, 0.25) is 0 Å². The molecular formula is C73H110N6O10. The zero-order valence-corrected chi connectivity index (χ0v) is 55.5. The molecule has 0 saturated carbocycles. The first-order valence-electron chi connectivity index (χ1n) is 32.8. The van der Waals surface area contributed by atoms with Crippen LogP contribution in [0, 0.1) is 91.3 Å². The van der Waals surface area contributed by atoms with Crippen LogP contribution in [0.3, 0.4) is 0 Å². The van der Waals surface area contributed by atoms with Crippen molar-refractivity contribution in [2.45, 2.75) is 239 Å². The van der Waals surface area contributed by atoms with Crippen LogP contribution in [0.1, 0.15) is 221 Å². The molecule has 3 aliphatic rings. The molecule has 7 amide bonds. The van der Waals surface area contributed by atoms with Gasteiger partial charge in [0.2, 0.25) is 29.5 Å². The van der Waals surface area contributed by atoms with Gasteiger partial charge in [0.1, 0.15) is 17.3 Å². The summed E-state index contributed by atoms with van der Waals surface area (Å²) in [6, 6.07) is -0.541. The van der Waals surface area contributed by atoms with Gasteiger partial charge < -0.3 is 35.5 Å². The first-order chi connectivity index (χ1) is 42.8. The van der Waals surface area contributed by atoms with Crippen molar-refractivity contribution < 1.29 is 47.8 Å². The number of methoxy groups -OCH3 is 3. The zero-order valence-electron chi connectivity index (χ0n) is 55.5. The van der Waals surface area contributed by atoms with Crippen molar-refractivity contribution in [3.63, 3.8) is 0 Å². The van der Waals surface area contributed by atoms with Gasteiger partial charge in [0.25, 0.3) is 11.8 Å². The molecule has 0 aliphatic carbocycles. The van der Waals surface area contributed by atoms with E-state index in [2.05, 4.69) is 57.4 Å². The summed E-state index contributed by atoms with van der Waals surface area (Å²) >= 11 is 0. The van der Waals surface area contributed by atoms with Crippen molar-refractivity contribution in [1.82, 2.24) is 31.1 Å². The van der Waals surface area contributed by atoms with E-state index in [1.807, 2.05) is 40.7 Å². The second-order valence-corrected chi connectivity index (χ2v) is 23.7. The molecule has 3 heterocycles. The smallest absolute Gasteiger partial charge is 0.257 e. The highest BCUT2D eigenvalue weighted by Gasteiger charge is 2.41. The maximum absolute atomic E-state index is 13.0. The zero-order chi connectivity index (χ0) is 66.4. The maximum atomic E-state index is 13.0. The molecule has 0 fully saturated rings. The molecule has 16 heteroatoms. The summed E-state index contributed by atoms with van der Waals surface area (Å²) in [5.41, 5.74) is 0.902. The quantitative estimate of drug-likeness (QED) is 0.0334. The Balaban J connectivity index is 0.000000680. The number of rotatable bonds is 43. The highest BCUT2D eigenvalue weighted by Crippen LogP contribution is 2.30. The number of carbonyl (C=O) groups excluding carboxylic acids is 7. The summed E-state index contributed by atoms with van der Waals surface area (Å²) in [4.78, 5) is 90.1. The van der Waals surface area contributed by atoms with Crippen molar-refractivity contribution in [3.8, 4) is 61.7 Å². The highest BCUT2D eigenvalue weighted by molar-refractivity contribution is 6.05. The summed E-state index contributed by atoms with van der Waals surface area (Å²) in [6.45, 7) is 15.3. The molecule has 89 heavy (non-hydrogen) atoms. The molecule has 4 N–H and O–H groups in total. The van der Waals surface area contributed by atoms with Gasteiger partial charge in [-0.1, -0.05) is 73.3 Å². The fourth-order valence-electron chi connectivity index (χ4n) is 10.7. The molecular weight excluding hydrogens is 1120 g/mol. The minimum atomic E-state index is -0.381. The Morgan fingerprint density at radius 1 is 0.449 bits per heavy atom. The van der Waals surface area contributed by atoms with Gasteiger partial charge in [0.15, 0.2) is 0 Å². The third-order valence-electron chi connectivity index (χ3n) is 16.3. The van der Waals surface area contributed by atoms with Crippen LogP contribution in [0.15, 0.2) is 47.8 Å². The van der Waals surface area contributed by atoms with E-state index in [1.165, 1.54) is 36.2 Å². The summed E-state index contributed by atoms with van der Waals surface area (Å²) in [6.07, 6.45) is 55.3. The number of hydrogen-bond donors (Lipinski definition) is 4.